The first-order valence-electron chi connectivity index (χ1n) is 4.46. The van der Waals surface area contributed by atoms with Gasteiger partial charge in [0.25, 0.3) is 0 Å². The topological polar surface area (TPSA) is 63.3 Å². The Balaban J connectivity index is 3.08. The van der Waals surface area contributed by atoms with E-state index in [1.54, 1.807) is 0 Å². The molecule has 16 heavy (non-hydrogen) atoms. The lowest BCUT2D eigenvalue weighted by Crippen LogP contribution is -2.19. The van der Waals surface area contributed by atoms with Crippen LogP contribution >= 0.6 is 0 Å². The quantitative estimate of drug-likeness (QED) is 0.841. The molecule has 0 saturated carbocycles. The van der Waals surface area contributed by atoms with Crippen LogP contribution in [0, 0.1) is 0 Å². The molecule has 0 aliphatic rings. The van der Waals surface area contributed by atoms with Crippen LogP contribution in [0.3, 0.4) is 0 Å². The number of carbonyl (C=O) groups is 1. The highest BCUT2D eigenvalue weighted by atomic mass is 19.4. The zero-order chi connectivity index (χ0) is 12.3. The van der Waals surface area contributed by atoms with Crippen molar-refractivity contribution in [3.63, 3.8) is 0 Å². The Morgan fingerprint density at radius 3 is 2.44 bits per heavy atom. The van der Waals surface area contributed by atoms with Gasteiger partial charge in [-0.15, -0.1) is 0 Å². The Morgan fingerprint density at radius 2 is 1.94 bits per heavy atom. The Morgan fingerprint density at radius 1 is 1.38 bits per heavy atom. The van der Waals surface area contributed by atoms with Crippen molar-refractivity contribution >= 4 is 5.97 Å². The summed E-state index contributed by atoms with van der Waals surface area (Å²) in [6.07, 6.45) is -5.06. The predicted octanol–water partition coefficient (Wildman–Crippen LogP) is 2.18. The zero-order valence-corrected chi connectivity index (χ0v) is 8.16. The molecular formula is C10H10F3NO2. The van der Waals surface area contributed by atoms with E-state index in [1.165, 1.54) is 18.2 Å². The number of hydrogen-bond donors (Lipinski definition) is 2. The van der Waals surface area contributed by atoms with Gasteiger partial charge < -0.3 is 10.8 Å². The fourth-order valence-corrected chi connectivity index (χ4v) is 1.38. The predicted molar refractivity (Wildman–Crippen MR) is 50.6 cm³/mol. The van der Waals surface area contributed by atoms with Gasteiger partial charge in [-0.25, -0.2) is 0 Å². The summed E-state index contributed by atoms with van der Waals surface area (Å²) in [4.78, 5) is 10.4. The largest absolute Gasteiger partial charge is 0.481 e. The van der Waals surface area contributed by atoms with Crippen molar-refractivity contribution in [2.24, 2.45) is 5.73 Å². The van der Waals surface area contributed by atoms with E-state index in [-0.39, 0.29) is 5.56 Å². The number of aliphatic carboxylic acids is 1. The normalized spacial score (nSPS) is 13.5. The van der Waals surface area contributed by atoms with E-state index >= 15 is 0 Å². The fraction of sp³-hybridized carbons (Fsp3) is 0.300. The summed E-state index contributed by atoms with van der Waals surface area (Å²) >= 11 is 0. The lowest BCUT2D eigenvalue weighted by atomic mass is 9.98. The van der Waals surface area contributed by atoms with Crippen molar-refractivity contribution in [2.45, 2.75) is 18.6 Å². The second kappa shape index (κ2) is 4.52. The Labute approximate surface area is 89.7 Å². The third-order valence-electron chi connectivity index (χ3n) is 2.06. The van der Waals surface area contributed by atoms with Crippen molar-refractivity contribution in [3.05, 3.63) is 35.4 Å². The Kier molecular flexibility index (Phi) is 3.54. The molecule has 0 amide bonds. The minimum absolute atomic E-state index is 0.197. The molecule has 0 aliphatic heterocycles. The molecule has 0 saturated heterocycles. The summed E-state index contributed by atoms with van der Waals surface area (Å²) in [6.45, 7) is 0. The van der Waals surface area contributed by atoms with Crippen molar-refractivity contribution < 1.29 is 23.1 Å². The number of alkyl halides is 3. The molecule has 3 N–H and O–H groups in total. The van der Waals surface area contributed by atoms with Crippen LogP contribution < -0.4 is 5.73 Å². The smallest absolute Gasteiger partial charge is 0.416 e. The highest BCUT2D eigenvalue weighted by Gasteiger charge is 2.34. The highest BCUT2D eigenvalue weighted by Crippen LogP contribution is 2.34. The van der Waals surface area contributed by atoms with Crippen LogP contribution in [0.1, 0.15) is 23.6 Å². The van der Waals surface area contributed by atoms with E-state index in [0.717, 1.165) is 6.07 Å². The van der Waals surface area contributed by atoms with Gasteiger partial charge in [-0.05, 0) is 11.6 Å². The minimum Gasteiger partial charge on any atom is -0.481 e. The number of halogens is 3. The molecule has 0 bridgehead atoms. The van der Waals surface area contributed by atoms with Crippen LogP contribution in [0.15, 0.2) is 24.3 Å². The molecule has 1 atom stereocenters. The van der Waals surface area contributed by atoms with Gasteiger partial charge in [0.1, 0.15) is 0 Å². The summed E-state index contributed by atoms with van der Waals surface area (Å²) in [5, 5.41) is 8.48. The third kappa shape index (κ3) is 2.96. The highest BCUT2D eigenvalue weighted by molar-refractivity contribution is 5.68. The van der Waals surface area contributed by atoms with Gasteiger partial charge in [0.15, 0.2) is 0 Å². The average Bonchev–Trinajstić information content (AvgIpc) is 2.15. The molecule has 1 aromatic carbocycles. The Hall–Kier alpha value is -1.56. The average molecular weight is 233 g/mol. The SMILES string of the molecule is NC(CC(=O)O)c1ccccc1C(F)(F)F. The van der Waals surface area contributed by atoms with Crippen molar-refractivity contribution in [2.75, 3.05) is 0 Å². The summed E-state index contributed by atoms with van der Waals surface area (Å²) in [6, 6.07) is 3.55. The second-order valence-electron chi connectivity index (χ2n) is 3.29. The maximum absolute atomic E-state index is 12.5. The van der Waals surface area contributed by atoms with Crippen LogP contribution in [0.5, 0.6) is 0 Å². The lowest BCUT2D eigenvalue weighted by molar-refractivity contribution is -0.140. The van der Waals surface area contributed by atoms with Crippen molar-refractivity contribution in [1.82, 2.24) is 0 Å². The molecule has 0 spiro atoms. The molecule has 0 heterocycles. The first-order chi connectivity index (χ1) is 7.32. The molecule has 88 valence electrons. The molecule has 0 radical (unpaired) electrons. The van der Waals surface area contributed by atoms with Gasteiger partial charge in [-0.1, -0.05) is 18.2 Å². The van der Waals surface area contributed by atoms with E-state index in [1.807, 2.05) is 0 Å². The molecular weight excluding hydrogens is 223 g/mol. The van der Waals surface area contributed by atoms with E-state index in [2.05, 4.69) is 0 Å². The van der Waals surface area contributed by atoms with Crippen LogP contribution in [-0.4, -0.2) is 11.1 Å². The molecule has 0 aliphatic carbocycles. The monoisotopic (exact) mass is 233 g/mol. The van der Waals surface area contributed by atoms with Gasteiger partial charge in [0.2, 0.25) is 0 Å². The number of hydrogen-bond acceptors (Lipinski definition) is 2. The lowest BCUT2D eigenvalue weighted by Gasteiger charge is -2.16. The molecule has 6 heteroatoms. The van der Waals surface area contributed by atoms with E-state index in [9.17, 15) is 18.0 Å². The first-order valence-corrected chi connectivity index (χ1v) is 4.46. The maximum atomic E-state index is 12.5. The first kappa shape index (κ1) is 12.5. The van der Waals surface area contributed by atoms with Crippen LogP contribution in [0.25, 0.3) is 0 Å². The summed E-state index contributed by atoms with van der Waals surface area (Å²) < 4.78 is 37.6. The number of carboxylic acids is 1. The van der Waals surface area contributed by atoms with Crippen LogP contribution in [0.4, 0.5) is 13.2 Å². The van der Waals surface area contributed by atoms with Crippen molar-refractivity contribution in [3.8, 4) is 0 Å². The molecule has 3 nitrogen and oxygen atoms in total. The van der Waals surface area contributed by atoms with Crippen molar-refractivity contribution in [1.29, 1.82) is 0 Å². The van der Waals surface area contributed by atoms with E-state index in [0.29, 0.717) is 0 Å². The van der Waals surface area contributed by atoms with Gasteiger partial charge in [0.05, 0.1) is 12.0 Å². The molecule has 0 aromatic heterocycles. The summed E-state index contributed by atoms with van der Waals surface area (Å²) in [5.74, 6) is -1.23. The van der Waals surface area contributed by atoms with Crippen LogP contribution in [-0.2, 0) is 11.0 Å². The number of benzene rings is 1. The summed E-state index contributed by atoms with van der Waals surface area (Å²) in [7, 11) is 0. The molecule has 1 rings (SSSR count). The van der Waals surface area contributed by atoms with Gasteiger partial charge in [-0.2, -0.15) is 13.2 Å². The summed E-state index contributed by atoms with van der Waals surface area (Å²) in [5.41, 5.74) is 4.33. The third-order valence-corrected chi connectivity index (χ3v) is 2.06. The standard InChI is InChI=1S/C10H10F3NO2/c11-10(12,13)7-4-2-1-3-6(7)8(14)5-9(15)16/h1-4,8H,5,14H2,(H,15,16). The van der Waals surface area contributed by atoms with Gasteiger partial charge in [0, 0.05) is 6.04 Å². The number of rotatable bonds is 3. The van der Waals surface area contributed by atoms with Gasteiger partial charge in [-0.3, -0.25) is 4.79 Å². The van der Waals surface area contributed by atoms with Gasteiger partial charge >= 0.3 is 12.1 Å². The van der Waals surface area contributed by atoms with Crippen LogP contribution in [0.2, 0.25) is 0 Å². The maximum Gasteiger partial charge on any atom is 0.416 e. The minimum atomic E-state index is -4.52. The van der Waals surface area contributed by atoms with E-state index < -0.39 is 30.2 Å². The number of nitrogens with two attached hydrogens (primary N) is 1. The Bertz CT molecular complexity index is 390. The number of carboxylic acid groups (broad SMARTS) is 1. The van der Waals surface area contributed by atoms with E-state index in [4.69, 9.17) is 10.8 Å². The molecule has 1 aromatic rings. The zero-order valence-electron chi connectivity index (χ0n) is 8.16. The second-order valence-corrected chi connectivity index (χ2v) is 3.29. The fourth-order valence-electron chi connectivity index (χ4n) is 1.38. The molecule has 1 unspecified atom stereocenters. The molecule has 0 fully saturated rings.